The number of benzene rings is 1. The maximum atomic E-state index is 9.73. The molecular formula is C11H11I2NO2S. The molecule has 17 heavy (non-hydrogen) atoms. The van der Waals surface area contributed by atoms with Crippen LogP contribution in [0.4, 0.5) is 0 Å². The second-order valence-electron chi connectivity index (χ2n) is 3.69. The van der Waals surface area contributed by atoms with E-state index in [1.54, 1.807) is 0 Å². The maximum Gasteiger partial charge on any atom is 0.142 e. The van der Waals surface area contributed by atoms with Crippen LogP contribution in [0.3, 0.4) is 0 Å². The molecule has 1 fully saturated rings. The van der Waals surface area contributed by atoms with Gasteiger partial charge in [-0.05, 0) is 57.3 Å². The molecule has 0 radical (unpaired) electrons. The van der Waals surface area contributed by atoms with Crippen LogP contribution in [0.25, 0.3) is 0 Å². The van der Waals surface area contributed by atoms with Gasteiger partial charge in [0.15, 0.2) is 0 Å². The maximum absolute atomic E-state index is 9.73. The van der Waals surface area contributed by atoms with Gasteiger partial charge >= 0.3 is 0 Å². The molecule has 0 aromatic heterocycles. The van der Waals surface area contributed by atoms with Crippen LogP contribution in [0.1, 0.15) is 5.56 Å². The molecule has 0 aliphatic carbocycles. The second-order valence-corrected chi connectivity index (χ2v) is 6.40. The third kappa shape index (κ3) is 3.21. The lowest BCUT2D eigenvalue weighted by atomic mass is 10.2. The lowest BCUT2D eigenvalue weighted by Gasteiger charge is -2.29. The van der Waals surface area contributed by atoms with Crippen molar-refractivity contribution in [2.45, 2.75) is 0 Å². The lowest BCUT2D eigenvalue weighted by molar-refractivity contribution is 0.0693. The summed E-state index contributed by atoms with van der Waals surface area (Å²) in [6.45, 7) is 3.14. The Labute approximate surface area is 133 Å². The monoisotopic (exact) mass is 475 g/mol. The van der Waals surface area contributed by atoms with E-state index in [1.165, 1.54) is 0 Å². The Kier molecular flexibility index (Phi) is 4.84. The van der Waals surface area contributed by atoms with E-state index in [9.17, 15) is 5.11 Å². The third-order valence-corrected chi connectivity index (χ3v) is 4.70. The topological polar surface area (TPSA) is 32.7 Å². The number of hydrogen-bond acceptors (Lipinski definition) is 3. The van der Waals surface area contributed by atoms with Crippen LogP contribution < -0.4 is 0 Å². The summed E-state index contributed by atoms with van der Waals surface area (Å²) in [7, 11) is 0. The Hall–Kier alpha value is 0.330. The zero-order chi connectivity index (χ0) is 12.4. The average molecular weight is 475 g/mol. The van der Waals surface area contributed by atoms with E-state index in [4.69, 9.17) is 17.0 Å². The molecule has 0 unspecified atom stereocenters. The van der Waals surface area contributed by atoms with E-state index in [-0.39, 0.29) is 0 Å². The number of phenols is 1. The van der Waals surface area contributed by atoms with Gasteiger partial charge in [-0.3, -0.25) is 0 Å². The number of thiocarbonyl (C=S) groups is 1. The van der Waals surface area contributed by atoms with Crippen molar-refractivity contribution in [2.75, 3.05) is 26.3 Å². The highest BCUT2D eigenvalue weighted by Gasteiger charge is 2.17. The van der Waals surface area contributed by atoms with Crippen LogP contribution in [0.5, 0.6) is 5.75 Å². The first-order chi connectivity index (χ1) is 8.09. The fraction of sp³-hybridized carbons (Fsp3) is 0.364. The molecule has 6 heteroatoms. The molecule has 1 saturated heterocycles. The van der Waals surface area contributed by atoms with Gasteiger partial charge in [0.25, 0.3) is 0 Å². The summed E-state index contributed by atoms with van der Waals surface area (Å²) in [5, 5.41) is 9.73. The Balaban J connectivity index is 2.24. The molecule has 1 aliphatic rings. The molecule has 0 spiro atoms. The van der Waals surface area contributed by atoms with Crippen molar-refractivity contribution in [3.63, 3.8) is 0 Å². The molecule has 1 aromatic carbocycles. The molecule has 1 heterocycles. The van der Waals surface area contributed by atoms with Crippen molar-refractivity contribution >= 4 is 62.4 Å². The second kappa shape index (κ2) is 5.98. The first kappa shape index (κ1) is 13.8. The fourth-order valence-electron chi connectivity index (χ4n) is 1.64. The SMILES string of the molecule is Oc1c(I)cc(C(=S)N2CCOCC2)cc1I. The Morgan fingerprint density at radius 1 is 1.24 bits per heavy atom. The third-order valence-electron chi connectivity index (χ3n) is 2.56. The van der Waals surface area contributed by atoms with E-state index in [0.29, 0.717) is 5.75 Å². The zero-order valence-corrected chi connectivity index (χ0v) is 14.1. The van der Waals surface area contributed by atoms with E-state index in [0.717, 1.165) is 44.0 Å². The van der Waals surface area contributed by atoms with Gasteiger partial charge in [0, 0.05) is 18.7 Å². The van der Waals surface area contributed by atoms with Gasteiger partial charge in [-0.1, -0.05) is 12.2 Å². The fourth-order valence-corrected chi connectivity index (χ4v) is 3.71. The van der Waals surface area contributed by atoms with E-state index < -0.39 is 0 Å². The molecule has 0 atom stereocenters. The van der Waals surface area contributed by atoms with E-state index in [2.05, 4.69) is 50.1 Å². The van der Waals surface area contributed by atoms with Gasteiger partial charge in [0.1, 0.15) is 10.7 Å². The largest absolute Gasteiger partial charge is 0.506 e. The smallest absolute Gasteiger partial charge is 0.142 e. The minimum atomic E-state index is 0.333. The number of halogens is 2. The first-order valence-corrected chi connectivity index (χ1v) is 7.71. The number of phenolic OH excluding ortho intramolecular Hbond substituents is 1. The van der Waals surface area contributed by atoms with Crippen LogP contribution >= 0.6 is 57.4 Å². The van der Waals surface area contributed by atoms with Gasteiger partial charge in [-0.25, -0.2) is 0 Å². The van der Waals surface area contributed by atoms with Gasteiger partial charge in [-0.15, -0.1) is 0 Å². The standard InChI is InChI=1S/C11H11I2NO2S/c12-8-5-7(6-9(13)10(8)15)11(17)14-1-3-16-4-2-14/h5-6,15H,1-4H2. The minimum Gasteiger partial charge on any atom is -0.506 e. The van der Waals surface area contributed by atoms with Crippen molar-refractivity contribution in [3.05, 3.63) is 24.8 Å². The van der Waals surface area contributed by atoms with E-state index >= 15 is 0 Å². The Morgan fingerprint density at radius 2 is 1.76 bits per heavy atom. The number of hydrogen-bond donors (Lipinski definition) is 1. The first-order valence-electron chi connectivity index (χ1n) is 5.14. The minimum absolute atomic E-state index is 0.333. The van der Waals surface area contributed by atoms with Crippen LogP contribution in [0.15, 0.2) is 12.1 Å². The molecule has 1 aliphatic heterocycles. The van der Waals surface area contributed by atoms with Gasteiger partial charge in [0.2, 0.25) is 0 Å². The summed E-state index contributed by atoms with van der Waals surface area (Å²) in [6.07, 6.45) is 0. The van der Waals surface area contributed by atoms with Crippen LogP contribution in [0, 0.1) is 7.14 Å². The zero-order valence-electron chi connectivity index (χ0n) is 8.95. The van der Waals surface area contributed by atoms with Crippen LogP contribution in [-0.2, 0) is 4.74 Å². The lowest BCUT2D eigenvalue weighted by Crippen LogP contribution is -2.40. The van der Waals surface area contributed by atoms with Gasteiger partial charge in [0.05, 0.1) is 20.4 Å². The van der Waals surface area contributed by atoms with Crippen LogP contribution in [0.2, 0.25) is 0 Å². The molecule has 0 saturated carbocycles. The Bertz CT molecular complexity index is 424. The predicted molar refractivity (Wildman–Crippen MR) is 87.6 cm³/mol. The van der Waals surface area contributed by atoms with Gasteiger partial charge < -0.3 is 14.7 Å². The highest BCUT2D eigenvalue weighted by molar-refractivity contribution is 14.1. The molecule has 1 N–H and O–H groups in total. The summed E-state index contributed by atoms with van der Waals surface area (Å²) in [4.78, 5) is 2.99. The number of rotatable bonds is 1. The highest BCUT2D eigenvalue weighted by Crippen LogP contribution is 2.28. The van der Waals surface area contributed by atoms with Crippen molar-refractivity contribution in [1.29, 1.82) is 0 Å². The molecule has 3 nitrogen and oxygen atoms in total. The Morgan fingerprint density at radius 3 is 2.29 bits per heavy atom. The quantitative estimate of drug-likeness (QED) is 0.501. The number of nitrogens with zero attached hydrogens (tertiary/aromatic N) is 1. The number of ether oxygens (including phenoxy) is 1. The summed E-state index contributed by atoms with van der Waals surface area (Å²) >= 11 is 9.73. The van der Waals surface area contributed by atoms with Crippen molar-refractivity contribution < 1.29 is 9.84 Å². The molecule has 2 rings (SSSR count). The summed E-state index contributed by atoms with van der Waals surface area (Å²) in [6, 6.07) is 3.85. The highest BCUT2D eigenvalue weighted by atomic mass is 127. The van der Waals surface area contributed by atoms with Gasteiger partial charge in [-0.2, -0.15) is 0 Å². The molecule has 1 aromatic rings. The van der Waals surface area contributed by atoms with Crippen molar-refractivity contribution in [2.24, 2.45) is 0 Å². The molecule has 92 valence electrons. The number of morpholine rings is 1. The summed E-state index contributed by atoms with van der Waals surface area (Å²) in [5.74, 6) is 0.333. The van der Waals surface area contributed by atoms with E-state index in [1.807, 2.05) is 12.1 Å². The molecule has 0 amide bonds. The number of aromatic hydroxyl groups is 1. The average Bonchev–Trinajstić information content (AvgIpc) is 2.35. The normalized spacial score (nSPS) is 16.0. The van der Waals surface area contributed by atoms with Crippen LogP contribution in [-0.4, -0.2) is 41.3 Å². The summed E-state index contributed by atoms with van der Waals surface area (Å²) in [5.41, 5.74) is 0.994. The van der Waals surface area contributed by atoms with Crippen molar-refractivity contribution in [1.82, 2.24) is 4.90 Å². The predicted octanol–water partition coefficient (Wildman–Crippen LogP) is 2.61. The molecule has 0 bridgehead atoms. The van der Waals surface area contributed by atoms with Crippen molar-refractivity contribution in [3.8, 4) is 5.75 Å². The molecular weight excluding hydrogens is 464 g/mol. The summed E-state index contributed by atoms with van der Waals surface area (Å²) < 4.78 is 6.97.